The normalized spacial score (nSPS) is 13.6. The summed E-state index contributed by atoms with van der Waals surface area (Å²) in [6, 6.07) is 53.8. The first kappa shape index (κ1) is 20.5. The summed E-state index contributed by atoms with van der Waals surface area (Å²) in [5.74, 6) is 0. The van der Waals surface area contributed by atoms with E-state index in [9.17, 15) is 0 Å². The number of fused-ring (bicyclic) bond motifs is 9. The molecule has 0 N–H and O–H groups in total. The van der Waals surface area contributed by atoms with Crippen LogP contribution >= 0.6 is 0 Å². The van der Waals surface area contributed by atoms with E-state index in [-0.39, 0.29) is 5.41 Å². The van der Waals surface area contributed by atoms with Gasteiger partial charge in [-0.3, -0.25) is 0 Å². The van der Waals surface area contributed by atoms with Crippen LogP contribution in [0.2, 0.25) is 0 Å². The monoisotopic (exact) mass is 468 g/mol. The van der Waals surface area contributed by atoms with Gasteiger partial charge in [0, 0.05) is 0 Å². The molecule has 0 fully saturated rings. The second-order valence-corrected chi connectivity index (χ2v) is 10.1. The molecule has 7 aromatic rings. The topological polar surface area (TPSA) is 0 Å². The van der Waals surface area contributed by atoms with E-state index in [0.29, 0.717) is 0 Å². The predicted molar refractivity (Wildman–Crippen MR) is 156 cm³/mol. The summed E-state index contributed by atoms with van der Waals surface area (Å²) in [4.78, 5) is 0. The van der Waals surface area contributed by atoms with E-state index in [2.05, 4.69) is 146 Å². The van der Waals surface area contributed by atoms with Gasteiger partial charge in [-0.05, 0) is 77.8 Å². The van der Waals surface area contributed by atoms with Crippen LogP contribution in [0.5, 0.6) is 0 Å². The van der Waals surface area contributed by atoms with E-state index < -0.39 is 0 Å². The molecule has 0 radical (unpaired) electrons. The average Bonchev–Trinajstić information content (AvgIpc) is 3.28. The minimum atomic E-state index is -0.380. The van der Waals surface area contributed by atoms with Crippen molar-refractivity contribution < 1.29 is 0 Å². The van der Waals surface area contributed by atoms with Gasteiger partial charge in [0.05, 0.1) is 5.41 Å². The van der Waals surface area contributed by atoms with Crippen LogP contribution < -0.4 is 0 Å². The fraction of sp³-hybridized carbons (Fsp3) is 0.0270. The highest BCUT2D eigenvalue weighted by atomic mass is 14.5. The number of hydrogen-bond donors (Lipinski definition) is 0. The van der Waals surface area contributed by atoms with Crippen LogP contribution in [0.4, 0.5) is 0 Å². The maximum Gasteiger partial charge on any atom is 0.0713 e. The van der Waals surface area contributed by atoms with Crippen LogP contribution in [0.1, 0.15) is 22.3 Å². The van der Waals surface area contributed by atoms with Crippen molar-refractivity contribution in [2.75, 3.05) is 0 Å². The van der Waals surface area contributed by atoms with Crippen molar-refractivity contribution in [3.05, 3.63) is 168 Å². The van der Waals surface area contributed by atoms with Crippen molar-refractivity contribution in [2.24, 2.45) is 0 Å². The summed E-state index contributed by atoms with van der Waals surface area (Å²) >= 11 is 0. The van der Waals surface area contributed by atoms with E-state index >= 15 is 0 Å². The molecule has 7 aromatic carbocycles. The van der Waals surface area contributed by atoms with E-state index in [0.717, 1.165) is 0 Å². The molecule has 0 saturated carbocycles. The molecule has 0 spiro atoms. The number of rotatable bonds is 2. The van der Waals surface area contributed by atoms with Gasteiger partial charge in [-0.1, -0.05) is 133 Å². The molecule has 0 heteroatoms. The lowest BCUT2D eigenvalue weighted by molar-refractivity contribution is 0.769. The van der Waals surface area contributed by atoms with E-state index in [4.69, 9.17) is 0 Å². The third-order valence-electron chi connectivity index (χ3n) is 8.32. The second-order valence-electron chi connectivity index (χ2n) is 10.1. The molecule has 0 saturated heterocycles. The van der Waals surface area contributed by atoms with Crippen molar-refractivity contribution in [2.45, 2.75) is 5.41 Å². The van der Waals surface area contributed by atoms with Crippen molar-refractivity contribution in [3.8, 4) is 11.1 Å². The lowest BCUT2D eigenvalue weighted by atomic mass is 9.67. The van der Waals surface area contributed by atoms with Crippen LogP contribution in [0, 0.1) is 0 Å². The van der Waals surface area contributed by atoms with Crippen molar-refractivity contribution in [1.82, 2.24) is 0 Å². The fourth-order valence-corrected chi connectivity index (χ4v) is 6.84. The summed E-state index contributed by atoms with van der Waals surface area (Å²) in [5.41, 5.74) is 7.59. The average molecular weight is 469 g/mol. The van der Waals surface area contributed by atoms with Crippen LogP contribution in [-0.4, -0.2) is 0 Å². The summed E-state index contributed by atoms with van der Waals surface area (Å²) in [6.45, 7) is 0. The molecule has 0 atom stereocenters. The first-order valence-electron chi connectivity index (χ1n) is 13.0. The Hall–Kier alpha value is -4.68. The molecule has 37 heavy (non-hydrogen) atoms. The number of benzene rings is 7. The Morgan fingerprint density at radius 1 is 0.297 bits per heavy atom. The third-order valence-corrected chi connectivity index (χ3v) is 8.32. The minimum Gasteiger partial charge on any atom is -0.0622 e. The molecule has 0 heterocycles. The Kier molecular flexibility index (Phi) is 4.24. The summed E-state index contributed by atoms with van der Waals surface area (Å²) < 4.78 is 0. The van der Waals surface area contributed by atoms with Gasteiger partial charge >= 0.3 is 0 Å². The van der Waals surface area contributed by atoms with Gasteiger partial charge in [-0.25, -0.2) is 0 Å². The van der Waals surface area contributed by atoms with Gasteiger partial charge in [-0.2, -0.15) is 0 Å². The first-order chi connectivity index (χ1) is 18.4. The minimum absolute atomic E-state index is 0.380. The van der Waals surface area contributed by atoms with Crippen LogP contribution in [0.25, 0.3) is 43.4 Å². The van der Waals surface area contributed by atoms with Crippen molar-refractivity contribution in [3.63, 3.8) is 0 Å². The summed E-state index contributed by atoms with van der Waals surface area (Å²) in [7, 11) is 0. The highest BCUT2D eigenvalue weighted by molar-refractivity contribution is 6.26. The smallest absolute Gasteiger partial charge is 0.0622 e. The van der Waals surface area contributed by atoms with E-state index in [1.54, 1.807) is 0 Å². The molecule has 0 bridgehead atoms. The second kappa shape index (κ2) is 7.66. The lowest BCUT2D eigenvalue weighted by Crippen LogP contribution is -2.28. The molecule has 0 unspecified atom stereocenters. The highest BCUT2D eigenvalue weighted by Gasteiger charge is 2.46. The predicted octanol–water partition coefficient (Wildman–Crippen LogP) is 9.51. The van der Waals surface area contributed by atoms with Gasteiger partial charge in [0.1, 0.15) is 0 Å². The molecule has 0 aliphatic heterocycles. The van der Waals surface area contributed by atoms with Gasteiger partial charge in [-0.15, -0.1) is 0 Å². The van der Waals surface area contributed by atoms with Gasteiger partial charge in [0.2, 0.25) is 0 Å². The Bertz CT molecular complexity index is 1920. The third kappa shape index (κ3) is 2.68. The van der Waals surface area contributed by atoms with Crippen LogP contribution in [0.15, 0.2) is 146 Å². The quantitative estimate of drug-likeness (QED) is 0.222. The number of hydrogen-bond acceptors (Lipinski definition) is 0. The molecule has 172 valence electrons. The van der Waals surface area contributed by atoms with E-state index in [1.165, 1.54) is 65.7 Å². The summed E-state index contributed by atoms with van der Waals surface area (Å²) in [6.07, 6.45) is 0. The van der Waals surface area contributed by atoms with Crippen molar-refractivity contribution >= 4 is 32.3 Å². The fourth-order valence-electron chi connectivity index (χ4n) is 6.84. The molecular weight excluding hydrogens is 444 g/mol. The zero-order valence-electron chi connectivity index (χ0n) is 20.4. The molecule has 8 rings (SSSR count). The SMILES string of the molecule is c1ccc(C2(c3ccccc3)c3ccccc3-c3cc4c5ccccc5c5ccccc5c4cc32)cc1. The molecule has 0 nitrogen and oxygen atoms in total. The Labute approximate surface area is 216 Å². The van der Waals surface area contributed by atoms with Gasteiger partial charge in [0.15, 0.2) is 0 Å². The Morgan fingerprint density at radius 2 is 0.730 bits per heavy atom. The van der Waals surface area contributed by atoms with Gasteiger partial charge < -0.3 is 0 Å². The zero-order chi connectivity index (χ0) is 24.4. The Balaban J connectivity index is 1.62. The zero-order valence-corrected chi connectivity index (χ0v) is 20.4. The molecular formula is C37H24. The van der Waals surface area contributed by atoms with E-state index in [1.807, 2.05) is 0 Å². The highest BCUT2D eigenvalue weighted by Crippen LogP contribution is 2.57. The standard InChI is InChI=1S/C37H24/c1-3-13-25(14-4-1)37(26-15-5-2-6-16-26)35-22-12-11-21-31(35)34-23-32-29-19-9-7-17-27(29)28-18-8-10-20-30(28)33(32)24-36(34)37/h1-24H. The molecule has 1 aliphatic carbocycles. The maximum absolute atomic E-state index is 2.50. The lowest BCUT2D eigenvalue weighted by Gasteiger charge is -2.34. The Morgan fingerprint density at radius 3 is 1.30 bits per heavy atom. The molecule has 0 aromatic heterocycles. The van der Waals surface area contributed by atoms with Crippen LogP contribution in [0.3, 0.4) is 0 Å². The first-order valence-corrected chi connectivity index (χ1v) is 13.0. The summed E-state index contributed by atoms with van der Waals surface area (Å²) in [5, 5.41) is 7.88. The van der Waals surface area contributed by atoms with Crippen molar-refractivity contribution in [1.29, 1.82) is 0 Å². The van der Waals surface area contributed by atoms with Gasteiger partial charge in [0.25, 0.3) is 0 Å². The molecule has 0 amide bonds. The maximum atomic E-state index is 2.50. The van der Waals surface area contributed by atoms with Crippen LogP contribution in [-0.2, 0) is 5.41 Å². The molecule has 1 aliphatic rings. The largest absolute Gasteiger partial charge is 0.0713 e.